The minimum Gasteiger partial charge on any atom is -0.507 e. The highest BCUT2D eigenvalue weighted by Gasteiger charge is 2.50. The largest absolute Gasteiger partial charge is 0.507 e. The lowest BCUT2D eigenvalue weighted by Crippen LogP contribution is -2.31. The van der Waals surface area contributed by atoms with Gasteiger partial charge in [0.2, 0.25) is 0 Å². The Morgan fingerprint density at radius 3 is 1.09 bits per heavy atom. The summed E-state index contributed by atoms with van der Waals surface area (Å²) in [6.45, 7) is -3.56. The second-order valence-electron chi connectivity index (χ2n) is 16.0. The van der Waals surface area contributed by atoms with Crippen molar-refractivity contribution in [2.75, 3.05) is 8.88 Å². The Labute approximate surface area is 417 Å². The van der Waals surface area contributed by atoms with Gasteiger partial charge in [0.25, 0.3) is 12.8 Å². The van der Waals surface area contributed by atoms with E-state index in [9.17, 15) is 10.2 Å². The molecule has 2 N–H and O–H groups in total. The van der Waals surface area contributed by atoms with Crippen molar-refractivity contribution in [2.45, 2.75) is 0 Å². The predicted octanol–water partition coefficient (Wildman–Crippen LogP) is 13.8. The highest BCUT2D eigenvalue weighted by atomic mass is 32.5. The SMILES string of the molecule is Oc1ccccc1-c1ccccc1[P+](=S)N(c1cccc(N([P+](=S)c2ccccc2-c2ccccc2O)P2(=S)Oc3ccccc3-c3ccccc32)c1)P1(=S)Oc2ccccc2-c2ccccc21. The lowest BCUT2D eigenvalue weighted by molar-refractivity contribution is 0.477. The normalized spacial score (nSPS) is 16.9. The van der Waals surface area contributed by atoms with Crippen molar-refractivity contribution in [1.82, 2.24) is 0 Å². The van der Waals surface area contributed by atoms with Crippen LogP contribution in [0.1, 0.15) is 0 Å². The van der Waals surface area contributed by atoms with Crippen LogP contribution in [-0.2, 0) is 47.2 Å². The minimum absolute atomic E-state index is 0.149. The molecule has 0 saturated carbocycles. The molecule has 9 aromatic carbocycles. The number of nitrogens with zero attached hydrogens (tertiary/aromatic N) is 2. The molecular formula is C54H38N2O4P4S4+2. The molecule has 4 atom stereocenters. The molecule has 0 bridgehead atoms. The van der Waals surface area contributed by atoms with Gasteiger partial charge in [-0.3, -0.25) is 0 Å². The van der Waals surface area contributed by atoms with Gasteiger partial charge in [0.15, 0.2) is 34.2 Å². The zero-order valence-corrected chi connectivity index (χ0v) is 42.7. The van der Waals surface area contributed by atoms with Gasteiger partial charge in [-0.25, -0.2) is 0 Å². The Morgan fingerprint density at radius 1 is 0.353 bits per heavy atom. The summed E-state index contributed by atoms with van der Waals surface area (Å²) >= 11 is 27.8. The van der Waals surface area contributed by atoms with E-state index in [0.29, 0.717) is 22.6 Å². The number of phenols is 2. The third-order valence-corrected chi connectivity index (χ3v) is 27.9. The van der Waals surface area contributed by atoms with Crippen LogP contribution in [0.3, 0.4) is 0 Å². The van der Waals surface area contributed by atoms with Crippen molar-refractivity contribution >= 4 is 106 Å². The lowest BCUT2D eigenvalue weighted by Gasteiger charge is -2.37. The maximum Gasteiger partial charge on any atom is 0.341 e. The number of phenolic OH excluding ortho intramolecular Hbond substituents is 2. The molecule has 330 valence electrons. The molecule has 0 fully saturated rings. The Kier molecular flexibility index (Phi) is 12.0. The molecule has 6 nitrogen and oxygen atoms in total. The van der Waals surface area contributed by atoms with Gasteiger partial charge in [-0.2, -0.15) is 0 Å². The van der Waals surface area contributed by atoms with Crippen molar-refractivity contribution < 1.29 is 19.3 Å². The molecule has 0 spiro atoms. The van der Waals surface area contributed by atoms with Crippen LogP contribution in [0.25, 0.3) is 44.5 Å². The van der Waals surface area contributed by atoms with Crippen LogP contribution < -0.4 is 39.1 Å². The molecule has 2 aliphatic rings. The van der Waals surface area contributed by atoms with Gasteiger partial charge in [-0.15, -0.1) is 8.88 Å². The molecule has 0 amide bonds. The van der Waals surface area contributed by atoms with Crippen LogP contribution in [-0.4, -0.2) is 10.2 Å². The van der Waals surface area contributed by atoms with Crippen LogP contribution in [0, 0.1) is 0 Å². The van der Waals surface area contributed by atoms with Crippen molar-refractivity contribution in [3.8, 4) is 67.5 Å². The number of para-hydroxylation sites is 4. The van der Waals surface area contributed by atoms with Gasteiger partial charge in [-0.1, -0.05) is 140 Å². The molecule has 2 aliphatic heterocycles. The summed E-state index contributed by atoms with van der Waals surface area (Å²) in [5, 5.41) is 26.0. The summed E-state index contributed by atoms with van der Waals surface area (Å²) in [5.74, 6) is 1.66. The Balaban J connectivity index is 1.16. The van der Waals surface area contributed by atoms with Gasteiger partial charge >= 0.3 is 13.7 Å². The molecule has 11 rings (SSSR count). The number of rotatable bonds is 10. The van der Waals surface area contributed by atoms with E-state index in [1.54, 1.807) is 12.1 Å². The molecule has 0 aromatic heterocycles. The van der Waals surface area contributed by atoms with Gasteiger partial charge in [-0.05, 0) is 114 Å². The molecule has 0 saturated heterocycles. The highest BCUT2D eigenvalue weighted by molar-refractivity contribution is 8.24. The van der Waals surface area contributed by atoms with Crippen molar-refractivity contribution in [3.63, 3.8) is 0 Å². The van der Waals surface area contributed by atoms with E-state index in [1.165, 1.54) is 0 Å². The zero-order chi connectivity index (χ0) is 46.6. The number of anilines is 2. The fourth-order valence-corrected chi connectivity index (χ4v) is 25.8. The summed E-state index contributed by atoms with van der Waals surface area (Å²) in [4.78, 5) is 0. The summed E-state index contributed by atoms with van der Waals surface area (Å²) in [5.41, 5.74) is 8.27. The molecule has 4 unspecified atom stereocenters. The lowest BCUT2D eigenvalue weighted by atomic mass is 10.0. The fraction of sp³-hybridized carbons (Fsp3) is 0. The first-order valence-corrected chi connectivity index (χ1v) is 31.5. The maximum absolute atomic E-state index is 11.3. The number of fused-ring (bicyclic) bond motifs is 6. The van der Waals surface area contributed by atoms with Crippen LogP contribution in [0.5, 0.6) is 23.0 Å². The van der Waals surface area contributed by atoms with Crippen LogP contribution in [0.2, 0.25) is 0 Å². The van der Waals surface area contributed by atoms with E-state index in [0.717, 1.165) is 66.0 Å². The summed E-state index contributed by atoms with van der Waals surface area (Å²) in [6.07, 6.45) is -6.66. The van der Waals surface area contributed by atoms with Gasteiger partial charge in [0.05, 0.1) is 22.0 Å². The van der Waals surface area contributed by atoms with Gasteiger partial charge in [0.1, 0.15) is 23.0 Å². The average molecular weight is 1030 g/mol. The first kappa shape index (κ1) is 44.6. The maximum atomic E-state index is 11.3. The monoisotopic (exact) mass is 1030 g/mol. The minimum atomic E-state index is -3.33. The number of hydrogen-bond acceptors (Lipinski definition) is 8. The molecule has 14 heteroatoms. The Morgan fingerprint density at radius 2 is 0.676 bits per heavy atom. The van der Waals surface area contributed by atoms with Gasteiger partial charge < -0.3 is 19.3 Å². The predicted molar refractivity (Wildman–Crippen MR) is 299 cm³/mol. The second-order valence-corrected chi connectivity index (χ2v) is 28.7. The summed E-state index contributed by atoms with van der Waals surface area (Å²) in [6, 6.07) is 71.1. The molecular weight excluding hydrogens is 993 g/mol. The van der Waals surface area contributed by atoms with Crippen molar-refractivity contribution in [3.05, 3.63) is 218 Å². The summed E-state index contributed by atoms with van der Waals surface area (Å²) < 4.78 is 18.8. The third-order valence-electron chi connectivity index (χ3n) is 12.0. The van der Waals surface area contributed by atoms with Crippen LogP contribution in [0.15, 0.2) is 218 Å². The molecule has 68 heavy (non-hydrogen) atoms. The zero-order valence-electron chi connectivity index (χ0n) is 35.8. The quantitative estimate of drug-likeness (QED) is 0.130. The van der Waals surface area contributed by atoms with E-state index >= 15 is 0 Å². The van der Waals surface area contributed by atoms with E-state index in [-0.39, 0.29) is 11.5 Å². The van der Waals surface area contributed by atoms with Crippen molar-refractivity contribution in [1.29, 1.82) is 0 Å². The number of aromatic hydroxyl groups is 2. The molecule has 0 aliphatic carbocycles. The highest BCUT2D eigenvalue weighted by Crippen LogP contribution is 2.67. The van der Waals surface area contributed by atoms with Crippen molar-refractivity contribution in [2.24, 2.45) is 0 Å². The Hall–Kier alpha value is -5.88. The topological polar surface area (TPSA) is 65.4 Å². The van der Waals surface area contributed by atoms with E-state index < -0.39 is 26.5 Å². The number of hydrogen-bond donors (Lipinski definition) is 2. The third kappa shape index (κ3) is 7.61. The van der Waals surface area contributed by atoms with Crippen LogP contribution >= 0.6 is 26.5 Å². The smallest absolute Gasteiger partial charge is 0.341 e. The Bertz CT molecular complexity index is 3400. The van der Waals surface area contributed by atoms with Gasteiger partial charge in [0, 0.05) is 33.4 Å². The summed E-state index contributed by atoms with van der Waals surface area (Å²) in [7, 11) is 0. The van der Waals surface area contributed by atoms with Crippen LogP contribution in [0.4, 0.5) is 11.4 Å². The standard InChI is InChI=1S/C54H36N2O4P4S4/c57-47-28-9-1-20-39(47)43-24-5-13-32-51(43)61(65)55(63(67)53-34-15-7-26-45(53)41-22-3-11-30-49(41)59-63)37-18-17-19-38(36-37)56(62(66)52-33-14-6-25-44(52)40-21-2-10-29-48(40)58)64(68)54-35-16-8-27-46(54)42-23-4-12-31-50(42)60-64/h1-36H/p+2. The molecule has 0 radical (unpaired) electrons. The average Bonchev–Trinajstić information content (AvgIpc) is 3.37. The van der Waals surface area contributed by atoms with E-state index in [4.69, 9.17) is 56.3 Å². The number of benzene rings is 9. The van der Waals surface area contributed by atoms with E-state index in [1.807, 2.05) is 164 Å². The first-order chi connectivity index (χ1) is 33.2. The first-order valence-electron chi connectivity index (χ1n) is 21.5. The second kappa shape index (κ2) is 18.2. The fourth-order valence-electron chi connectivity index (χ4n) is 8.89. The van der Waals surface area contributed by atoms with E-state index in [2.05, 4.69) is 51.3 Å². The molecule has 2 heterocycles. The molecule has 9 aromatic rings.